The van der Waals surface area contributed by atoms with E-state index in [4.69, 9.17) is 16.3 Å². The molecule has 1 saturated carbocycles. The van der Waals surface area contributed by atoms with Gasteiger partial charge in [0.15, 0.2) is 0 Å². The highest BCUT2D eigenvalue weighted by molar-refractivity contribution is 6.31. The van der Waals surface area contributed by atoms with Gasteiger partial charge < -0.3 is 15.4 Å². The van der Waals surface area contributed by atoms with Crippen LogP contribution >= 0.6 is 11.6 Å². The van der Waals surface area contributed by atoms with Crippen LogP contribution in [0.25, 0.3) is 10.9 Å². The minimum atomic E-state index is -3.09. The first-order chi connectivity index (χ1) is 16.6. The molecule has 3 aromatic rings. The summed E-state index contributed by atoms with van der Waals surface area (Å²) in [5.74, 6) is -2.47. The maximum absolute atomic E-state index is 14.1. The fourth-order valence-electron chi connectivity index (χ4n) is 4.45. The Balaban J connectivity index is 1.48. The molecule has 1 aliphatic rings. The van der Waals surface area contributed by atoms with Gasteiger partial charge in [-0.3, -0.25) is 4.79 Å². The van der Waals surface area contributed by atoms with Gasteiger partial charge in [-0.1, -0.05) is 24.6 Å². The molecule has 1 aromatic heterocycles. The van der Waals surface area contributed by atoms with Crippen LogP contribution in [0.4, 0.5) is 14.5 Å². The highest BCUT2D eigenvalue weighted by atomic mass is 35.5. The van der Waals surface area contributed by atoms with Gasteiger partial charge in [0.1, 0.15) is 11.4 Å². The van der Waals surface area contributed by atoms with Gasteiger partial charge in [0, 0.05) is 46.2 Å². The Morgan fingerprint density at radius 1 is 1.17 bits per heavy atom. The van der Waals surface area contributed by atoms with E-state index in [0.717, 1.165) is 26.2 Å². The lowest BCUT2D eigenvalue weighted by atomic mass is 9.83. The molecule has 8 heteroatoms. The second kappa shape index (κ2) is 10.2. The van der Waals surface area contributed by atoms with Gasteiger partial charge in [0.2, 0.25) is 0 Å². The van der Waals surface area contributed by atoms with E-state index in [2.05, 4.69) is 22.2 Å². The third-order valence-electron chi connectivity index (χ3n) is 6.37. The largest absolute Gasteiger partial charge is 0.497 e. The van der Waals surface area contributed by atoms with Gasteiger partial charge in [0.05, 0.1) is 12.6 Å². The zero-order valence-electron chi connectivity index (χ0n) is 19.7. The third kappa shape index (κ3) is 5.90. The van der Waals surface area contributed by atoms with Gasteiger partial charge in [-0.2, -0.15) is 8.78 Å². The van der Waals surface area contributed by atoms with Crippen molar-refractivity contribution in [3.8, 4) is 5.75 Å². The molecular formula is C27H28ClF2N3O2. The number of anilines is 1. The summed E-state index contributed by atoms with van der Waals surface area (Å²) in [6.45, 7) is 5.03. The number of halogens is 3. The molecule has 1 heterocycles. The number of nitrogens with one attached hydrogen (secondary N) is 2. The van der Waals surface area contributed by atoms with Crippen LogP contribution < -0.4 is 15.4 Å². The number of hydrogen-bond donors (Lipinski definition) is 2. The molecule has 5 nitrogen and oxygen atoms in total. The Kier molecular flexibility index (Phi) is 7.26. The van der Waals surface area contributed by atoms with Crippen molar-refractivity contribution in [2.45, 2.75) is 44.6 Å². The molecule has 0 radical (unpaired) electrons. The van der Waals surface area contributed by atoms with E-state index in [1.54, 1.807) is 49.6 Å². The van der Waals surface area contributed by atoms with Crippen LogP contribution in [0, 0.1) is 5.92 Å². The van der Waals surface area contributed by atoms with E-state index in [1.807, 2.05) is 0 Å². The molecule has 2 atom stereocenters. The number of allylic oxidation sites excluding steroid dienone is 1. The second-order valence-corrected chi connectivity index (χ2v) is 9.45. The topological polar surface area (TPSA) is 63.2 Å². The lowest BCUT2D eigenvalue weighted by Crippen LogP contribution is -2.39. The first-order valence-electron chi connectivity index (χ1n) is 11.5. The monoisotopic (exact) mass is 499 g/mol. The molecule has 1 amide bonds. The fourth-order valence-corrected chi connectivity index (χ4v) is 4.62. The van der Waals surface area contributed by atoms with Crippen molar-refractivity contribution in [3.05, 3.63) is 77.1 Å². The van der Waals surface area contributed by atoms with Crippen molar-refractivity contribution < 1.29 is 18.3 Å². The highest BCUT2D eigenvalue weighted by Gasteiger charge is 2.29. The molecule has 0 saturated heterocycles. The molecule has 0 aliphatic heterocycles. The number of hydrogen-bond acceptors (Lipinski definition) is 4. The summed E-state index contributed by atoms with van der Waals surface area (Å²) >= 11 is 6.17. The SMILES string of the molecule is C=C(Nc1cc(C(C)(F)F)nc2ccc(Cl)cc12)[C@@H]1CCC[C@@H](NC(=O)c2ccc(OC)cc2)C1. The summed E-state index contributed by atoms with van der Waals surface area (Å²) in [5.41, 5.74) is 1.88. The van der Waals surface area contributed by atoms with Crippen LogP contribution in [0.2, 0.25) is 5.02 Å². The van der Waals surface area contributed by atoms with Crippen molar-refractivity contribution >= 4 is 34.1 Å². The molecule has 2 N–H and O–H groups in total. The number of aromatic nitrogens is 1. The molecule has 0 unspecified atom stereocenters. The maximum atomic E-state index is 14.1. The lowest BCUT2D eigenvalue weighted by molar-refractivity contribution is 0.0131. The average Bonchev–Trinajstić information content (AvgIpc) is 2.83. The van der Waals surface area contributed by atoms with Crippen molar-refractivity contribution in [1.82, 2.24) is 10.3 Å². The molecule has 1 aliphatic carbocycles. The quantitative estimate of drug-likeness (QED) is 0.370. The van der Waals surface area contributed by atoms with Gasteiger partial charge in [-0.05, 0) is 67.8 Å². The van der Waals surface area contributed by atoms with Crippen molar-refractivity contribution in [3.63, 3.8) is 0 Å². The van der Waals surface area contributed by atoms with Crippen molar-refractivity contribution in [1.29, 1.82) is 0 Å². The number of rotatable bonds is 7. The molecule has 35 heavy (non-hydrogen) atoms. The van der Waals surface area contributed by atoms with E-state index in [9.17, 15) is 13.6 Å². The number of carbonyl (C=O) groups excluding carboxylic acids is 1. The number of fused-ring (bicyclic) bond motifs is 1. The first kappa shape index (κ1) is 24.9. The van der Waals surface area contributed by atoms with Crippen molar-refractivity contribution in [2.24, 2.45) is 5.92 Å². The fraction of sp³-hybridized carbons (Fsp3) is 0.333. The number of amides is 1. The van der Waals surface area contributed by atoms with E-state index >= 15 is 0 Å². The van der Waals surface area contributed by atoms with E-state index in [0.29, 0.717) is 45.0 Å². The van der Waals surface area contributed by atoms with Gasteiger partial charge in [-0.15, -0.1) is 0 Å². The normalized spacial score (nSPS) is 18.2. The third-order valence-corrected chi connectivity index (χ3v) is 6.61. The van der Waals surface area contributed by atoms with E-state index < -0.39 is 5.92 Å². The summed E-state index contributed by atoms with van der Waals surface area (Å²) in [6, 6.07) is 13.3. The Hall–Kier alpha value is -3.19. The van der Waals surface area contributed by atoms with Gasteiger partial charge in [0.25, 0.3) is 11.8 Å². The second-order valence-electron chi connectivity index (χ2n) is 9.02. The molecular weight excluding hydrogens is 472 g/mol. The number of nitrogens with zero attached hydrogens (tertiary/aromatic N) is 1. The predicted octanol–water partition coefficient (Wildman–Crippen LogP) is 6.92. The lowest BCUT2D eigenvalue weighted by Gasteiger charge is -2.31. The number of benzene rings is 2. The maximum Gasteiger partial charge on any atom is 0.287 e. The summed E-state index contributed by atoms with van der Waals surface area (Å²) in [7, 11) is 1.58. The van der Waals surface area contributed by atoms with Crippen LogP contribution in [0.15, 0.2) is 60.8 Å². The van der Waals surface area contributed by atoms with Crippen LogP contribution in [0.5, 0.6) is 5.75 Å². The summed E-state index contributed by atoms with van der Waals surface area (Å²) < 4.78 is 33.4. The summed E-state index contributed by atoms with van der Waals surface area (Å²) in [5, 5.41) is 7.51. The Morgan fingerprint density at radius 3 is 2.60 bits per heavy atom. The Labute approximate surface area is 208 Å². The van der Waals surface area contributed by atoms with Crippen LogP contribution in [-0.4, -0.2) is 24.0 Å². The first-order valence-corrected chi connectivity index (χ1v) is 11.9. The molecule has 0 spiro atoms. The van der Waals surface area contributed by atoms with Gasteiger partial charge in [-0.25, -0.2) is 4.98 Å². The Bertz CT molecular complexity index is 1240. The smallest absolute Gasteiger partial charge is 0.287 e. The summed E-state index contributed by atoms with van der Waals surface area (Å²) in [6.07, 6.45) is 3.38. The molecule has 184 valence electrons. The van der Waals surface area contributed by atoms with E-state index in [-0.39, 0.29) is 23.6 Å². The van der Waals surface area contributed by atoms with Crippen LogP contribution in [0.1, 0.15) is 48.7 Å². The molecule has 4 rings (SSSR count). The highest BCUT2D eigenvalue weighted by Crippen LogP contribution is 2.36. The molecule has 2 aromatic carbocycles. The van der Waals surface area contributed by atoms with Crippen LogP contribution in [-0.2, 0) is 5.92 Å². The molecule has 0 bridgehead atoms. The standard InChI is InChI=1S/C27H28ClF2N3O2/c1-16(31-24-15-25(27(2,29)30)33-23-12-9-19(28)14-22(23)24)18-5-4-6-20(13-18)32-26(34)17-7-10-21(35-3)11-8-17/h7-12,14-15,18,20H,1,4-6,13H2,2-3H3,(H,31,33)(H,32,34)/t18-,20-/m1/s1. The van der Waals surface area contributed by atoms with E-state index in [1.165, 1.54) is 6.07 Å². The molecule has 1 fully saturated rings. The number of alkyl halides is 2. The van der Waals surface area contributed by atoms with Crippen LogP contribution in [0.3, 0.4) is 0 Å². The number of ether oxygens (including phenoxy) is 1. The number of pyridine rings is 1. The number of methoxy groups -OCH3 is 1. The zero-order chi connectivity index (χ0) is 25.2. The average molecular weight is 500 g/mol. The Morgan fingerprint density at radius 2 is 1.91 bits per heavy atom. The van der Waals surface area contributed by atoms with Crippen molar-refractivity contribution in [2.75, 3.05) is 12.4 Å². The zero-order valence-corrected chi connectivity index (χ0v) is 20.5. The number of carbonyl (C=O) groups is 1. The predicted molar refractivity (Wildman–Crippen MR) is 135 cm³/mol. The van der Waals surface area contributed by atoms with Gasteiger partial charge >= 0.3 is 0 Å². The minimum absolute atomic E-state index is 0.0129. The minimum Gasteiger partial charge on any atom is -0.497 e. The summed E-state index contributed by atoms with van der Waals surface area (Å²) in [4.78, 5) is 16.8.